The maximum absolute atomic E-state index is 11.5. The third-order valence-corrected chi connectivity index (χ3v) is 4.06. The lowest BCUT2D eigenvalue weighted by molar-refractivity contribution is 0.101. The Balaban J connectivity index is 2.06. The molecule has 1 heterocycles. The maximum atomic E-state index is 11.5. The number of rotatable bonds is 5. The standard InChI is InChI=1S/C17H16N2O5S/c1-10(20)11-4-7-14-15(8-11)19-17(18-14)13-6-5-12(9-16(13)23-2)24-25(3,21)22/h4-9H,1-3H3,(H,18,19). The van der Waals surface area contributed by atoms with Crippen molar-refractivity contribution in [3.8, 4) is 22.9 Å². The third-order valence-electron chi connectivity index (χ3n) is 3.57. The van der Waals surface area contributed by atoms with Crippen molar-refractivity contribution >= 4 is 26.9 Å². The second kappa shape index (κ2) is 6.21. The number of carbonyl (C=O) groups is 1. The van der Waals surface area contributed by atoms with Gasteiger partial charge >= 0.3 is 10.1 Å². The Kier molecular flexibility index (Phi) is 4.22. The zero-order valence-corrected chi connectivity index (χ0v) is 14.7. The van der Waals surface area contributed by atoms with Gasteiger partial charge in [0.05, 0.1) is 30.0 Å². The van der Waals surface area contributed by atoms with Crippen LogP contribution < -0.4 is 8.92 Å². The number of aromatic amines is 1. The Morgan fingerprint density at radius 1 is 1.16 bits per heavy atom. The lowest BCUT2D eigenvalue weighted by Gasteiger charge is -2.09. The first kappa shape index (κ1) is 17.0. The zero-order chi connectivity index (χ0) is 18.2. The summed E-state index contributed by atoms with van der Waals surface area (Å²) in [5.41, 5.74) is 2.65. The minimum Gasteiger partial charge on any atom is -0.496 e. The van der Waals surface area contributed by atoms with Gasteiger partial charge in [0.1, 0.15) is 17.3 Å². The van der Waals surface area contributed by atoms with E-state index < -0.39 is 10.1 Å². The molecule has 0 saturated carbocycles. The van der Waals surface area contributed by atoms with Gasteiger partial charge in [0.25, 0.3) is 0 Å². The number of hydrogen-bond donors (Lipinski definition) is 1. The van der Waals surface area contributed by atoms with Crippen molar-refractivity contribution in [2.75, 3.05) is 13.4 Å². The molecule has 0 spiro atoms. The Morgan fingerprint density at radius 2 is 1.92 bits per heavy atom. The molecular formula is C17H16N2O5S. The number of Topliss-reactive ketones (excluding diaryl/α,β-unsaturated/α-hetero) is 1. The van der Waals surface area contributed by atoms with Crippen LogP contribution in [0.4, 0.5) is 0 Å². The molecule has 0 aliphatic heterocycles. The normalized spacial score (nSPS) is 11.5. The van der Waals surface area contributed by atoms with E-state index in [0.29, 0.717) is 28.2 Å². The molecule has 25 heavy (non-hydrogen) atoms. The van der Waals surface area contributed by atoms with Crippen LogP contribution in [0.15, 0.2) is 36.4 Å². The predicted octanol–water partition coefficient (Wildman–Crippen LogP) is 2.78. The average molecular weight is 360 g/mol. The van der Waals surface area contributed by atoms with Gasteiger partial charge in [-0.15, -0.1) is 0 Å². The molecule has 8 heteroatoms. The molecule has 3 rings (SSSR count). The van der Waals surface area contributed by atoms with Crippen LogP contribution in [0.1, 0.15) is 17.3 Å². The number of methoxy groups -OCH3 is 1. The minimum absolute atomic E-state index is 0.0358. The number of nitrogens with zero attached hydrogens (tertiary/aromatic N) is 1. The van der Waals surface area contributed by atoms with E-state index in [4.69, 9.17) is 8.92 Å². The van der Waals surface area contributed by atoms with E-state index in [-0.39, 0.29) is 11.5 Å². The van der Waals surface area contributed by atoms with Crippen molar-refractivity contribution in [3.05, 3.63) is 42.0 Å². The summed E-state index contributed by atoms with van der Waals surface area (Å²) in [7, 11) is -2.15. The molecule has 0 aliphatic carbocycles. The van der Waals surface area contributed by atoms with Crippen molar-refractivity contribution < 1.29 is 22.1 Å². The Morgan fingerprint density at radius 3 is 2.56 bits per heavy atom. The number of nitrogens with one attached hydrogen (secondary N) is 1. The van der Waals surface area contributed by atoms with Crippen molar-refractivity contribution in [2.45, 2.75) is 6.92 Å². The van der Waals surface area contributed by atoms with Gasteiger partial charge in [-0.25, -0.2) is 4.98 Å². The average Bonchev–Trinajstić information content (AvgIpc) is 2.95. The Labute approximate surface area is 144 Å². The molecule has 7 nitrogen and oxygen atoms in total. The third kappa shape index (κ3) is 3.63. The summed E-state index contributed by atoms with van der Waals surface area (Å²) in [6.07, 6.45) is 0.971. The number of aromatic nitrogens is 2. The minimum atomic E-state index is -3.62. The zero-order valence-electron chi connectivity index (χ0n) is 13.9. The molecule has 1 aromatic heterocycles. The second-order valence-electron chi connectivity index (χ2n) is 5.52. The fourth-order valence-corrected chi connectivity index (χ4v) is 2.90. The summed E-state index contributed by atoms with van der Waals surface area (Å²) in [6.45, 7) is 1.50. The van der Waals surface area contributed by atoms with Crippen LogP contribution in [0.2, 0.25) is 0 Å². The van der Waals surface area contributed by atoms with Gasteiger partial charge < -0.3 is 13.9 Å². The molecule has 0 radical (unpaired) electrons. The van der Waals surface area contributed by atoms with Crippen molar-refractivity contribution in [3.63, 3.8) is 0 Å². The highest BCUT2D eigenvalue weighted by molar-refractivity contribution is 7.86. The summed E-state index contributed by atoms with van der Waals surface area (Å²) < 4.78 is 32.7. The number of imidazole rings is 1. The number of ether oxygens (including phenoxy) is 1. The van der Waals surface area contributed by atoms with Crippen LogP contribution in [0.5, 0.6) is 11.5 Å². The molecule has 2 aromatic carbocycles. The highest BCUT2D eigenvalue weighted by Crippen LogP contribution is 2.33. The van der Waals surface area contributed by atoms with Gasteiger partial charge in [0.2, 0.25) is 0 Å². The first-order chi connectivity index (χ1) is 11.8. The van der Waals surface area contributed by atoms with E-state index in [2.05, 4.69) is 9.97 Å². The first-order valence-corrected chi connectivity index (χ1v) is 9.17. The van der Waals surface area contributed by atoms with Crippen molar-refractivity contribution in [2.24, 2.45) is 0 Å². The van der Waals surface area contributed by atoms with Gasteiger partial charge in [-0.05, 0) is 37.3 Å². The summed E-state index contributed by atoms with van der Waals surface area (Å²) in [6, 6.07) is 9.88. The van der Waals surface area contributed by atoms with E-state index in [1.807, 2.05) is 0 Å². The van der Waals surface area contributed by atoms with Crippen LogP contribution >= 0.6 is 0 Å². The lowest BCUT2D eigenvalue weighted by Crippen LogP contribution is -2.05. The molecule has 0 amide bonds. The van der Waals surface area contributed by atoms with Crippen LogP contribution in [0.25, 0.3) is 22.4 Å². The fraction of sp³-hybridized carbons (Fsp3) is 0.176. The van der Waals surface area contributed by atoms with Gasteiger partial charge in [0.15, 0.2) is 5.78 Å². The Hall–Kier alpha value is -2.87. The molecule has 0 unspecified atom stereocenters. The number of ketones is 1. The largest absolute Gasteiger partial charge is 0.496 e. The highest BCUT2D eigenvalue weighted by Gasteiger charge is 2.14. The maximum Gasteiger partial charge on any atom is 0.306 e. The van der Waals surface area contributed by atoms with Gasteiger partial charge in [-0.3, -0.25) is 4.79 Å². The number of hydrogen-bond acceptors (Lipinski definition) is 6. The number of H-pyrrole nitrogens is 1. The van der Waals surface area contributed by atoms with Crippen molar-refractivity contribution in [1.29, 1.82) is 0 Å². The van der Waals surface area contributed by atoms with E-state index >= 15 is 0 Å². The monoisotopic (exact) mass is 360 g/mol. The van der Waals surface area contributed by atoms with E-state index in [9.17, 15) is 13.2 Å². The molecule has 0 aliphatic rings. The topological polar surface area (TPSA) is 98.3 Å². The van der Waals surface area contributed by atoms with Crippen LogP contribution in [-0.2, 0) is 10.1 Å². The SMILES string of the molecule is COc1cc(OS(C)(=O)=O)ccc1-c1nc2cc(C(C)=O)ccc2[nH]1. The molecule has 130 valence electrons. The van der Waals surface area contributed by atoms with Gasteiger partial charge in [-0.2, -0.15) is 8.42 Å². The fourth-order valence-electron chi connectivity index (χ4n) is 2.45. The van der Waals surface area contributed by atoms with Crippen molar-refractivity contribution in [1.82, 2.24) is 9.97 Å². The van der Waals surface area contributed by atoms with Gasteiger partial charge in [0, 0.05) is 11.6 Å². The Bertz CT molecular complexity index is 1070. The quantitative estimate of drug-likeness (QED) is 0.555. The summed E-state index contributed by atoms with van der Waals surface area (Å²) in [5, 5.41) is 0. The molecule has 0 atom stereocenters. The first-order valence-electron chi connectivity index (χ1n) is 7.35. The van der Waals surface area contributed by atoms with E-state index in [1.165, 1.54) is 26.2 Å². The summed E-state index contributed by atoms with van der Waals surface area (Å²) >= 11 is 0. The molecular weight excluding hydrogens is 344 g/mol. The lowest BCUT2D eigenvalue weighted by atomic mass is 10.1. The molecule has 0 fully saturated rings. The second-order valence-corrected chi connectivity index (χ2v) is 7.10. The highest BCUT2D eigenvalue weighted by atomic mass is 32.2. The smallest absolute Gasteiger partial charge is 0.306 e. The number of benzene rings is 2. The van der Waals surface area contributed by atoms with Gasteiger partial charge in [-0.1, -0.05) is 0 Å². The van der Waals surface area contributed by atoms with Crippen LogP contribution in [-0.4, -0.2) is 37.5 Å². The van der Waals surface area contributed by atoms with Crippen LogP contribution in [0, 0.1) is 0 Å². The summed E-state index contributed by atoms with van der Waals surface area (Å²) in [5.74, 6) is 1.06. The molecule has 3 aromatic rings. The molecule has 0 saturated heterocycles. The molecule has 0 bridgehead atoms. The molecule has 1 N–H and O–H groups in total. The summed E-state index contributed by atoms with van der Waals surface area (Å²) in [4.78, 5) is 19.1. The number of fused-ring (bicyclic) bond motifs is 1. The van der Waals surface area contributed by atoms with E-state index in [0.717, 1.165) is 11.8 Å². The predicted molar refractivity (Wildman–Crippen MR) is 93.6 cm³/mol. The van der Waals surface area contributed by atoms with Crippen LogP contribution in [0.3, 0.4) is 0 Å². The van der Waals surface area contributed by atoms with E-state index in [1.54, 1.807) is 24.3 Å². The number of carbonyl (C=O) groups excluding carboxylic acids is 1.